The van der Waals surface area contributed by atoms with E-state index >= 15 is 0 Å². The third-order valence-electron chi connectivity index (χ3n) is 4.57. The van der Waals surface area contributed by atoms with Crippen molar-refractivity contribution < 1.29 is 9.32 Å². The third kappa shape index (κ3) is 4.02. The number of benzene rings is 2. The number of rotatable bonds is 6. The molecule has 0 aliphatic rings. The van der Waals surface area contributed by atoms with Crippen molar-refractivity contribution in [3.8, 4) is 11.3 Å². The number of hydrogen-bond donors (Lipinski definition) is 1. The normalized spacial score (nSPS) is 12.0. The fourth-order valence-electron chi connectivity index (χ4n) is 3.04. The number of aromatic nitrogens is 1. The maximum absolute atomic E-state index is 12.8. The Morgan fingerprint density at radius 2 is 1.77 bits per heavy atom. The Kier molecular flexibility index (Phi) is 5.52. The predicted molar refractivity (Wildman–Crippen MR) is 103 cm³/mol. The molecule has 26 heavy (non-hydrogen) atoms. The summed E-state index contributed by atoms with van der Waals surface area (Å²) >= 11 is 0. The van der Waals surface area contributed by atoms with E-state index in [1.165, 1.54) is 5.56 Å². The summed E-state index contributed by atoms with van der Waals surface area (Å²) in [5, 5.41) is 7.10. The molecular weight excluding hydrogens is 324 g/mol. The molecule has 0 radical (unpaired) electrons. The van der Waals surface area contributed by atoms with Crippen LogP contribution in [0, 0.1) is 13.8 Å². The van der Waals surface area contributed by atoms with E-state index in [0.29, 0.717) is 17.0 Å². The summed E-state index contributed by atoms with van der Waals surface area (Å²) < 4.78 is 5.48. The van der Waals surface area contributed by atoms with Crippen molar-refractivity contribution in [3.63, 3.8) is 0 Å². The first-order valence-corrected chi connectivity index (χ1v) is 8.93. The van der Waals surface area contributed by atoms with Gasteiger partial charge in [0.2, 0.25) is 0 Å². The van der Waals surface area contributed by atoms with Gasteiger partial charge in [0.1, 0.15) is 5.56 Å². The van der Waals surface area contributed by atoms with Crippen LogP contribution in [-0.2, 0) is 6.42 Å². The van der Waals surface area contributed by atoms with Gasteiger partial charge >= 0.3 is 0 Å². The van der Waals surface area contributed by atoms with E-state index in [2.05, 4.69) is 22.6 Å². The van der Waals surface area contributed by atoms with Crippen LogP contribution in [0.4, 0.5) is 0 Å². The average Bonchev–Trinajstić information content (AvgIpc) is 3.02. The maximum Gasteiger partial charge on any atom is 0.257 e. The van der Waals surface area contributed by atoms with Crippen LogP contribution >= 0.6 is 0 Å². The molecule has 1 unspecified atom stereocenters. The van der Waals surface area contributed by atoms with Gasteiger partial charge in [0, 0.05) is 11.6 Å². The SMILES string of the molecule is Cc1ccccc1-c1onc(C)c1C(=O)NC(C)CCc1ccccc1. The lowest BCUT2D eigenvalue weighted by molar-refractivity contribution is 0.0938. The van der Waals surface area contributed by atoms with Gasteiger partial charge in [-0.15, -0.1) is 0 Å². The molecule has 1 heterocycles. The third-order valence-corrected chi connectivity index (χ3v) is 4.57. The van der Waals surface area contributed by atoms with Crippen molar-refractivity contribution in [2.45, 2.75) is 39.7 Å². The molecule has 0 aliphatic carbocycles. The van der Waals surface area contributed by atoms with Gasteiger partial charge in [0.05, 0.1) is 5.69 Å². The van der Waals surface area contributed by atoms with Gasteiger partial charge in [0.25, 0.3) is 5.91 Å². The number of carbonyl (C=O) groups excluding carboxylic acids is 1. The molecule has 0 bridgehead atoms. The summed E-state index contributed by atoms with van der Waals surface area (Å²) in [6.07, 6.45) is 1.80. The topological polar surface area (TPSA) is 55.1 Å². The van der Waals surface area contributed by atoms with Gasteiger partial charge in [-0.1, -0.05) is 59.8 Å². The maximum atomic E-state index is 12.8. The summed E-state index contributed by atoms with van der Waals surface area (Å²) in [6, 6.07) is 18.2. The standard InChI is InChI=1S/C22H24N2O2/c1-15-9-7-8-12-19(15)21-20(17(3)24-26-21)22(25)23-16(2)13-14-18-10-5-4-6-11-18/h4-12,16H,13-14H2,1-3H3,(H,23,25). The summed E-state index contributed by atoms with van der Waals surface area (Å²) in [5.74, 6) is 0.399. The molecule has 134 valence electrons. The van der Waals surface area contributed by atoms with Gasteiger partial charge in [-0.05, 0) is 44.7 Å². The Hall–Kier alpha value is -2.88. The molecule has 3 aromatic rings. The molecule has 1 aromatic heterocycles. The highest BCUT2D eigenvalue weighted by molar-refractivity contribution is 6.00. The average molecular weight is 348 g/mol. The minimum absolute atomic E-state index is 0.0572. The van der Waals surface area contributed by atoms with Crippen LogP contribution < -0.4 is 5.32 Å². The first-order valence-electron chi connectivity index (χ1n) is 8.93. The zero-order valence-electron chi connectivity index (χ0n) is 15.5. The van der Waals surface area contributed by atoms with Crippen molar-refractivity contribution in [3.05, 3.63) is 77.0 Å². The molecule has 1 atom stereocenters. The lowest BCUT2D eigenvalue weighted by atomic mass is 10.0. The second-order valence-electron chi connectivity index (χ2n) is 6.69. The summed E-state index contributed by atoms with van der Waals surface area (Å²) in [5.41, 5.74) is 4.35. The summed E-state index contributed by atoms with van der Waals surface area (Å²) in [7, 11) is 0. The van der Waals surface area contributed by atoms with Crippen LogP contribution in [-0.4, -0.2) is 17.1 Å². The zero-order valence-corrected chi connectivity index (χ0v) is 15.5. The lowest BCUT2D eigenvalue weighted by Gasteiger charge is -2.14. The van der Waals surface area contributed by atoms with Crippen LogP contribution in [0.5, 0.6) is 0 Å². The van der Waals surface area contributed by atoms with Gasteiger partial charge < -0.3 is 9.84 Å². The first-order chi connectivity index (χ1) is 12.6. The first kappa shape index (κ1) is 17.9. The van der Waals surface area contributed by atoms with Crippen molar-refractivity contribution in [1.29, 1.82) is 0 Å². The van der Waals surface area contributed by atoms with E-state index in [1.54, 1.807) is 6.92 Å². The molecule has 0 saturated carbocycles. The molecule has 0 saturated heterocycles. The van der Waals surface area contributed by atoms with Crippen LogP contribution in [0.3, 0.4) is 0 Å². The largest absolute Gasteiger partial charge is 0.355 e. The van der Waals surface area contributed by atoms with E-state index in [-0.39, 0.29) is 11.9 Å². The van der Waals surface area contributed by atoms with E-state index < -0.39 is 0 Å². The highest BCUT2D eigenvalue weighted by Gasteiger charge is 2.23. The monoisotopic (exact) mass is 348 g/mol. The molecule has 0 spiro atoms. The van der Waals surface area contributed by atoms with Gasteiger partial charge in [-0.2, -0.15) is 0 Å². The molecule has 1 N–H and O–H groups in total. The number of amides is 1. The number of nitrogens with one attached hydrogen (secondary N) is 1. The molecule has 0 fully saturated rings. The number of hydrogen-bond acceptors (Lipinski definition) is 3. The highest BCUT2D eigenvalue weighted by Crippen LogP contribution is 2.28. The van der Waals surface area contributed by atoms with Gasteiger partial charge in [0.15, 0.2) is 5.76 Å². The van der Waals surface area contributed by atoms with Crippen LogP contribution in [0.2, 0.25) is 0 Å². The quantitative estimate of drug-likeness (QED) is 0.702. The fourth-order valence-corrected chi connectivity index (χ4v) is 3.04. The Morgan fingerprint density at radius 1 is 1.08 bits per heavy atom. The lowest BCUT2D eigenvalue weighted by Crippen LogP contribution is -2.33. The fraction of sp³-hybridized carbons (Fsp3) is 0.273. The van der Waals surface area contributed by atoms with Gasteiger partial charge in [-0.3, -0.25) is 4.79 Å². The van der Waals surface area contributed by atoms with Crippen LogP contribution in [0.1, 0.15) is 40.5 Å². The Labute approximate surface area is 154 Å². The van der Waals surface area contributed by atoms with E-state index in [1.807, 2.05) is 56.3 Å². The summed E-state index contributed by atoms with van der Waals surface area (Å²) in [4.78, 5) is 12.8. The van der Waals surface area contributed by atoms with Crippen molar-refractivity contribution >= 4 is 5.91 Å². The highest BCUT2D eigenvalue weighted by atomic mass is 16.5. The Morgan fingerprint density at radius 3 is 2.50 bits per heavy atom. The van der Waals surface area contributed by atoms with Crippen LogP contribution in [0.25, 0.3) is 11.3 Å². The smallest absolute Gasteiger partial charge is 0.257 e. The van der Waals surface area contributed by atoms with Crippen molar-refractivity contribution in [2.75, 3.05) is 0 Å². The minimum Gasteiger partial charge on any atom is -0.355 e. The number of carbonyl (C=O) groups is 1. The zero-order chi connectivity index (χ0) is 18.5. The van der Waals surface area contributed by atoms with E-state index in [0.717, 1.165) is 24.0 Å². The Balaban J connectivity index is 1.72. The molecule has 2 aromatic carbocycles. The number of nitrogens with zero attached hydrogens (tertiary/aromatic N) is 1. The van der Waals surface area contributed by atoms with Crippen molar-refractivity contribution in [1.82, 2.24) is 10.5 Å². The number of aryl methyl sites for hydroxylation is 3. The molecule has 1 amide bonds. The Bertz CT molecular complexity index is 884. The second kappa shape index (κ2) is 8.00. The minimum atomic E-state index is -0.137. The predicted octanol–water partition coefficient (Wildman–Crippen LogP) is 4.71. The molecule has 0 aliphatic heterocycles. The molecule has 4 nitrogen and oxygen atoms in total. The second-order valence-corrected chi connectivity index (χ2v) is 6.69. The van der Waals surface area contributed by atoms with Crippen molar-refractivity contribution in [2.24, 2.45) is 0 Å². The van der Waals surface area contributed by atoms with E-state index in [4.69, 9.17) is 4.52 Å². The van der Waals surface area contributed by atoms with E-state index in [9.17, 15) is 4.79 Å². The van der Waals surface area contributed by atoms with Gasteiger partial charge in [-0.25, -0.2) is 0 Å². The molecule has 4 heteroatoms. The molecule has 3 rings (SSSR count). The molecular formula is C22H24N2O2. The summed E-state index contributed by atoms with van der Waals surface area (Å²) in [6.45, 7) is 5.82. The van der Waals surface area contributed by atoms with Crippen LogP contribution in [0.15, 0.2) is 59.1 Å².